The third kappa shape index (κ3) is 8.43. The van der Waals surface area contributed by atoms with E-state index in [9.17, 15) is 0 Å². The molecule has 0 atom stereocenters. The van der Waals surface area contributed by atoms with Crippen LogP contribution in [0.25, 0.3) is 11.3 Å². The van der Waals surface area contributed by atoms with Gasteiger partial charge < -0.3 is 0 Å². The summed E-state index contributed by atoms with van der Waals surface area (Å²) in [4.78, 5) is 4.66. The average Bonchev–Trinajstić information content (AvgIpc) is 2.82. The number of nitrogens with zero attached hydrogens (tertiary/aromatic N) is 1. The quantitative estimate of drug-likeness (QED) is 0.295. The van der Waals surface area contributed by atoms with Crippen LogP contribution in [0.5, 0.6) is 0 Å². The molecule has 0 radical (unpaired) electrons. The monoisotopic (exact) mass is 419 g/mol. The number of unbranched alkanes of at least 4 members (excludes halogenated alkanes) is 5. The third-order valence-corrected chi connectivity index (χ3v) is 7.39. The van der Waals surface area contributed by atoms with Crippen LogP contribution in [0.4, 0.5) is 0 Å². The van der Waals surface area contributed by atoms with E-state index in [4.69, 9.17) is 0 Å². The minimum Gasteiger partial charge on any atom is -0.256 e. The van der Waals surface area contributed by atoms with Crippen molar-refractivity contribution in [3.05, 3.63) is 53.7 Å². The van der Waals surface area contributed by atoms with E-state index in [1.165, 1.54) is 107 Å². The largest absolute Gasteiger partial charge is 0.256 e. The first-order chi connectivity index (χ1) is 15.3. The summed E-state index contributed by atoms with van der Waals surface area (Å²) in [5.74, 6) is 1.98. The summed E-state index contributed by atoms with van der Waals surface area (Å²) < 4.78 is 0. The summed E-state index contributed by atoms with van der Waals surface area (Å²) in [6.45, 7) is 4.52. The molecule has 0 spiro atoms. The molecule has 170 valence electrons. The Morgan fingerprint density at radius 2 is 1.29 bits per heavy atom. The van der Waals surface area contributed by atoms with Crippen LogP contribution in [-0.2, 0) is 12.8 Å². The molecular weight excluding hydrogens is 374 g/mol. The first-order valence-electron chi connectivity index (χ1n) is 13.3. The highest BCUT2D eigenvalue weighted by atomic mass is 14.7. The zero-order valence-corrected chi connectivity index (χ0v) is 20.2. The lowest BCUT2D eigenvalue weighted by atomic mass is 9.77. The summed E-state index contributed by atoms with van der Waals surface area (Å²) >= 11 is 0. The van der Waals surface area contributed by atoms with Gasteiger partial charge in [0.25, 0.3) is 0 Å². The van der Waals surface area contributed by atoms with Gasteiger partial charge in [-0.05, 0) is 48.3 Å². The Bertz CT molecular complexity index is 707. The molecular formula is C30H45N. The molecule has 1 fully saturated rings. The summed E-state index contributed by atoms with van der Waals surface area (Å²) in [5, 5.41) is 0. The topological polar surface area (TPSA) is 12.9 Å². The highest BCUT2D eigenvalue weighted by Gasteiger charge is 2.20. The van der Waals surface area contributed by atoms with E-state index in [0.717, 1.165) is 24.0 Å². The van der Waals surface area contributed by atoms with E-state index in [1.54, 1.807) is 0 Å². The lowest BCUT2D eigenvalue weighted by Gasteiger charge is -2.28. The molecule has 1 heteroatoms. The molecule has 31 heavy (non-hydrogen) atoms. The van der Waals surface area contributed by atoms with Gasteiger partial charge in [0.2, 0.25) is 0 Å². The second kappa shape index (κ2) is 13.7. The van der Waals surface area contributed by atoms with Crippen molar-refractivity contribution in [2.75, 3.05) is 0 Å². The molecule has 1 aliphatic rings. The van der Waals surface area contributed by atoms with Crippen molar-refractivity contribution in [1.29, 1.82) is 0 Å². The van der Waals surface area contributed by atoms with Gasteiger partial charge in [-0.2, -0.15) is 0 Å². The Morgan fingerprint density at radius 3 is 1.94 bits per heavy atom. The minimum absolute atomic E-state index is 0.952. The van der Waals surface area contributed by atoms with Gasteiger partial charge in [0.1, 0.15) is 0 Å². The zero-order chi connectivity index (χ0) is 21.7. The summed E-state index contributed by atoms with van der Waals surface area (Å²) in [6.07, 6.45) is 23.0. The van der Waals surface area contributed by atoms with Gasteiger partial charge in [-0.3, -0.25) is 4.98 Å². The maximum Gasteiger partial charge on any atom is 0.0702 e. The predicted octanol–water partition coefficient (Wildman–Crippen LogP) is 9.19. The molecule has 1 heterocycles. The molecule has 1 aromatic carbocycles. The van der Waals surface area contributed by atoms with E-state index in [2.05, 4.69) is 55.2 Å². The highest BCUT2D eigenvalue weighted by molar-refractivity contribution is 5.59. The molecule has 0 bridgehead atoms. The van der Waals surface area contributed by atoms with Gasteiger partial charge in [0, 0.05) is 11.8 Å². The molecule has 0 saturated heterocycles. The van der Waals surface area contributed by atoms with Gasteiger partial charge in [-0.15, -0.1) is 0 Å². The van der Waals surface area contributed by atoms with Crippen LogP contribution in [-0.4, -0.2) is 4.98 Å². The second-order valence-corrected chi connectivity index (χ2v) is 9.98. The summed E-state index contributed by atoms with van der Waals surface area (Å²) in [6, 6.07) is 13.6. The van der Waals surface area contributed by atoms with Crippen LogP contribution in [0.15, 0.2) is 42.6 Å². The highest BCUT2D eigenvalue weighted by Crippen LogP contribution is 2.34. The van der Waals surface area contributed by atoms with Crippen molar-refractivity contribution in [3.8, 4) is 11.3 Å². The molecule has 0 aliphatic heterocycles. The first kappa shape index (κ1) is 24.0. The number of pyridine rings is 1. The molecule has 1 aromatic heterocycles. The average molecular weight is 420 g/mol. The van der Waals surface area contributed by atoms with E-state index in [1.807, 2.05) is 6.20 Å². The first-order valence-corrected chi connectivity index (χ1v) is 13.3. The van der Waals surface area contributed by atoms with Crippen molar-refractivity contribution in [2.45, 2.75) is 110 Å². The predicted molar refractivity (Wildman–Crippen MR) is 135 cm³/mol. The van der Waals surface area contributed by atoms with Crippen LogP contribution < -0.4 is 0 Å². The molecule has 0 amide bonds. The molecule has 1 nitrogen and oxygen atoms in total. The minimum atomic E-state index is 0.952. The molecule has 2 aromatic rings. The fourth-order valence-electron chi connectivity index (χ4n) is 5.27. The van der Waals surface area contributed by atoms with Gasteiger partial charge in [-0.25, -0.2) is 0 Å². The summed E-state index contributed by atoms with van der Waals surface area (Å²) in [5.41, 5.74) is 5.15. The number of benzene rings is 1. The lowest BCUT2D eigenvalue weighted by molar-refractivity contribution is 0.248. The summed E-state index contributed by atoms with van der Waals surface area (Å²) in [7, 11) is 0. The van der Waals surface area contributed by atoms with Crippen LogP contribution in [0.2, 0.25) is 0 Å². The number of hydrogen-bond acceptors (Lipinski definition) is 1. The second-order valence-electron chi connectivity index (χ2n) is 9.98. The fourth-order valence-corrected chi connectivity index (χ4v) is 5.27. The van der Waals surface area contributed by atoms with Crippen LogP contribution in [0.1, 0.15) is 108 Å². The Hall–Kier alpha value is -1.63. The smallest absolute Gasteiger partial charge is 0.0702 e. The van der Waals surface area contributed by atoms with Gasteiger partial charge in [-0.1, -0.05) is 121 Å². The van der Waals surface area contributed by atoms with Crippen molar-refractivity contribution in [1.82, 2.24) is 4.98 Å². The van der Waals surface area contributed by atoms with Crippen molar-refractivity contribution in [3.63, 3.8) is 0 Å². The number of aryl methyl sites for hydroxylation is 2. The zero-order valence-electron chi connectivity index (χ0n) is 20.2. The van der Waals surface area contributed by atoms with E-state index in [0.29, 0.717) is 0 Å². The van der Waals surface area contributed by atoms with Crippen molar-refractivity contribution in [2.24, 2.45) is 11.8 Å². The lowest BCUT2D eigenvalue weighted by Crippen LogP contribution is -2.15. The number of aromatic nitrogens is 1. The molecule has 1 saturated carbocycles. The van der Waals surface area contributed by atoms with Gasteiger partial charge in [0.15, 0.2) is 0 Å². The number of hydrogen-bond donors (Lipinski definition) is 0. The normalized spacial score (nSPS) is 18.9. The Labute approximate surface area is 192 Å². The SMILES string of the molecule is CCCCCCCCC1CCC(CCc2ccc(-c3ccc(CCC)cn3)cc2)CC1. The Kier molecular flexibility index (Phi) is 10.6. The molecule has 3 rings (SSSR count). The van der Waals surface area contributed by atoms with Crippen LogP contribution >= 0.6 is 0 Å². The van der Waals surface area contributed by atoms with Gasteiger partial charge >= 0.3 is 0 Å². The van der Waals surface area contributed by atoms with Crippen molar-refractivity contribution < 1.29 is 0 Å². The van der Waals surface area contributed by atoms with Gasteiger partial charge in [0.05, 0.1) is 5.69 Å². The molecule has 0 N–H and O–H groups in total. The maximum atomic E-state index is 4.66. The Morgan fingerprint density at radius 1 is 0.645 bits per heavy atom. The van der Waals surface area contributed by atoms with E-state index >= 15 is 0 Å². The van der Waals surface area contributed by atoms with Crippen LogP contribution in [0, 0.1) is 11.8 Å². The Balaban J connectivity index is 1.33. The van der Waals surface area contributed by atoms with Crippen molar-refractivity contribution >= 4 is 0 Å². The standard InChI is InChI=1S/C30H45N/c1-3-5-6-7-8-9-11-25-12-14-26(15-13-25)16-17-27-18-21-29(22-19-27)30-23-20-28(10-4-2)24-31-30/h18-26H,3-17H2,1-2H3. The fraction of sp³-hybridized carbons (Fsp3) is 0.633. The third-order valence-electron chi connectivity index (χ3n) is 7.39. The van der Waals surface area contributed by atoms with E-state index in [-0.39, 0.29) is 0 Å². The number of rotatable bonds is 13. The molecule has 1 aliphatic carbocycles. The molecule has 0 unspecified atom stereocenters. The van der Waals surface area contributed by atoms with Crippen LogP contribution in [0.3, 0.4) is 0 Å². The van der Waals surface area contributed by atoms with E-state index < -0.39 is 0 Å². The maximum absolute atomic E-state index is 4.66.